The van der Waals surface area contributed by atoms with Crippen LogP contribution in [0.1, 0.15) is 36.0 Å². The van der Waals surface area contributed by atoms with Crippen molar-refractivity contribution in [1.29, 1.82) is 0 Å². The highest BCUT2D eigenvalue weighted by Gasteiger charge is 2.25. The average molecular weight is 327 g/mol. The maximum atomic E-state index is 12.5. The smallest absolute Gasteiger partial charge is 0.252 e. The zero-order valence-electron chi connectivity index (χ0n) is 13.4. The van der Waals surface area contributed by atoms with Gasteiger partial charge in [-0.3, -0.25) is 14.6 Å². The van der Waals surface area contributed by atoms with Gasteiger partial charge in [0, 0.05) is 17.6 Å². The molecular weight excluding hydrogens is 306 g/mol. The van der Waals surface area contributed by atoms with Crippen LogP contribution in [0, 0.1) is 0 Å². The van der Waals surface area contributed by atoms with Crippen molar-refractivity contribution in [3.63, 3.8) is 0 Å². The second-order valence-corrected chi connectivity index (χ2v) is 6.07. The molecule has 0 radical (unpaired) electrons. The van der Waals surface area contributed by atoms with Gasteiger partial charge < -0.3 is 15.7 Å². The first-order chi connectivity index (χ1) is 11.7. The number of aliphatic hydroxyl groups excluding tert-OH is 1. The molecule has 24 heavy (non-hydrogen) atoms. The Hall–Kier alpha value is -2.47. The molecule has 6 nitrogen and oxygen atoms in total. The molecular formula is C18H21N3O3. The van der Waals surface area contributed by atoms with Gasteiger partial charge in [0.05, 0.1) is 17.7 Å². The number of carbonyl (C=O) groups excluding carboxylic acids is 2. The van der Waals surface area contributed by atoms with Crippen molar-refractivity contribution in [2.24, 2.45) is 0 Å². The standard InChI is InChI=1S/C18H21N3O3/c22-11-16(18(24)20-12-5-1-2-6-12)21-17(23)14-9-10-19-15-8-4-3-7-13(14)15/h3-4,7-10,12,16,22H,1-2,5-6,11H2,(H,20,24)(H,21,23)/t16-/m0/s1. The van der Waals surface area contributed by atoms with Crippen molar-refractivity contribution in [3.8, 4) is 0 Å². The maximum absolute atomic E-state index is 12.5. The lowest BCUT2D eigenvalue weighted by molar-refractivity contribution is -0.124. The number of hydrogen-bond acceptors (Lipinski definition) is 4. The second kappa shape index (κ2) is 7.40. The van der Waals surface area contributed by atoms with Crippen LogP contribution in [0.15, 0.2) is 36.5 Å². The summed E-state index contributed by atoms with van der Waals surface area (Å²) in [5.41, 5.74) is 1.15. The lowest BCUT2D eigenvalue weighted by atomic mass is 10.1. The summed E-state index contributed by atoms with van der Waals surface area (Å²) in [6.45, 7) is -0.437. The minimum atomic E-state index is -0.954. The Labute approximate surface area is 140 Å². The van der Waals surface area contributed by atoms with E-state index in [1.165, 1.54) is 0 Å². The van der Waals surface area contributed by atoms with Crippen LogP contribution in [-0.2, 0) is 4.79 Å². The molecule has 0 unspecified atom stereocenters. The SMILES string of the molecule is O=C(N[C@@H](CO)C(=O)NC1CCCC1)c1ccnc2ccccc12. The second-order valence-electron chi connectivity index (χ2n) is 6.07. The van der Waals surface area contributed by atoms with Crippen molar-refractivity contribution < 1.29 is 14.7 Å². The molecule has 1 heterocycles. The van der Waals surface area contributed by atoms with E-state index < -0.39 is 18.6 Å². The number of para-hydroxylation sites is 1. The van der Waals surface area contributed by atoms with Gasteiger partial charge in [0.15, 0.2) is 0 Å². The highest BCUT2D eigenvalue weighted by atomic mass is 16.3. The summed E-state index contributed by atoms with van der Waals surface area (Å²) in [6, 6.07) is 8.11. The van der Waals surface area contributed by atoms with Crippen LogP contribution < -0.4 is 10.6 Å². The normalized spacial score (nSPS) is 16.0. The fourth-order valence-electron chi connectivity index (χ4n) is 3.10. The Kier molecular flexibility index (Phi) is 5.05. The lowest BCUT2D eigenvalue weighted by Crippen LogP contribution is -2.51. The predicted molar refractivity (Wildman–Crippen MR) is 90.5 cm³/mol. The first-order valence-electron chi connectivity index (χ1n) is 8.25. The van der Waals surface area contributed by atoms with E-state index in [-0.39, 0.29) is 11.9 Å². The van der Waals surface area contributed by atoms with Crippen molar-refractivity contribution >= 4 is 22.7 Å². The Morgan fingerprint density at radius 2 is 1.96 bits per heavy atom. The fraction of sp³-hybridized carbons (Fsp3) is 0.389. The Morgan fingerprint density at radius 3 is 2.71 bits per heavy atom. The number of nitrogens with zero attached hydrogens (tertiary/aromatic N) is 1. The Bertz CT molecular complexity index is 736. The molecule has 3 rings (SSSR count). The van der Waals surface area contributed by atoms with Gasteiger partial charge in [-0.1, -0.05) is 31.0 Å². The van der Waals surface area contributed by atoms with Crippen molar-refractivity contribution in [2.45, 2.75) is 37.8 Å². The summed E-state index contributed by atoms with van der Waals surface area (Å²) in [7, 11) is 0. The number of fused-ring (bicyclic) bond motifs is 1. The van der Waals surface area contributed by atoms with Crippen LogP contribution >= 0.6 is 0 Å². The van der Waals surface area contributed by atoms with Gasteiger partial charge in [-0.2, -0.15) is 0 Å². The predicted octanol–water partition coefficient (Wildman–Crippen LogP) is 1.38. The minimum Gasteiger partial charge on any atom is -0.394 e. The van der Waals surface area contributed by atoms with E-state index in [1.54, 1.807) is 12.3 Å². The fourth-order valence-corrected chi connectivity index (χ4v) is 3.10. The van der Waals surface area contributed by atoms with E-state index in [2.05, 4.69) is 15.6 Å². The third kappa shape index (κ3) is 3.54. The monoisotopic (exact) mass is 327 g/mol. The first kappa shape index (κ1) is 16.4. The zero-order valence-corrected chi connectivity index (χ0v) is 13.4. The van der Waals surface area contributed by atoms with Crippen molar-refractivity contribution in [1.82, 2.24) is 15.6 Å². The number of amides is 2. The summed E-state index contributed by atoms with van der Waals surface area (Å²) in [6.07, 6.45) is 5.66. The number of pyridine rings is 1. The summed E-state index contributed by atoms with van der Waals surface area (Å²) in [5.74, 6) is -0.731. The molecule has 1 saturated carbocycles. The molecule has 0 saturated heterocycles. The molecule has 1 aliphatic rings. The van der Waals surface area contributed by atoms with Gasteiger partial charge >= 0.3 is 0 Å². The zero-order chi connectivity index (χ0) is 16.9. The quantitative estimate of drug-likeness (QED) is 0.774. The van der Waals surface area contributed by atoms with Gasteiger partial charge in [-0.25, -0.2) is 0 Å². The summed E-state index contributed by atoms with van der Waals surface area (Å²) in [5, 5.41) is 15.7. The summed E-state index contributed by atoms with van der Waals surface area (Å²) >= 11 is 0. The van der Waals surface area contributed by atoms with E-state index >= 15 is 0 Å². The highest BCUT2D eigenvalue weighted by molar-refractivity contribution is 6.07. The topological polar surface area (TPSA) is 91.3 Å². The Morgan fingerprint density at radius 1 is 1.21 bits per heavy atom. The number of rotatable bonds is 5. The first-order valence-corrected chi connectivity index (χ1v) is 8.25. The van der Waals surface area contributed by atoms with Crippen molar-refractivity contribution in [2.75, 3.05) is 6.61 Å². The van der Waals surface area contributed by atoms with Crippen molar-refractivity contribution in [3.05, 3.63) is 42.1 Å². The van der Waals surface area contributed by atoms with E-state index in [0.717, 1.165) is 25.7 Å². The Balaban J connectivity index is 1.72. The molecule has 2 aromatic rings. The molecule has 1 atom stereocenters. The number of aromatic nitrogens is 1. The van der Waals surface area contributed by atoms with Gasteiger partial charge in [0.1, 0.15) is 6.04 Å². The van der Waals surface area contributed by atoms with Crippen LogP contribution in [-0.4, -0.2) is 40.6 Å². The van der Waals surface area contributed by atoms with Gasteiger partial charge in [-0.05, 0) is 25.0 Å². The van der Waals surface area contributed by atoms with E-state index in [9.17, 15) is 14.7 Å². The third-order valence-electron chi connectivity index (χ3n) is 4.40. The number of aliphatic hydroxyl groups is 1. The van der Waals surface area contributed by atoms with Gasteiger partial charge in [0.2, 0.25) is 5.91 Å². The molecule has 126 valence electrons. The van der Waals surface area contributed by atoms with Gasteiger partial charge in [0.25, 0.3) is 5.91 Å². The molecule has 6 heteroatoms. The molecule has 1 aliphatic carbocycles. The van der Waals surface area contributed by atoms with Gasteiger partial charge in [-0.15, -0.1) is 0 Å². The third-order valence-corrected chi connectivity index (χ3v) is 4.40. The van der Waals surface area contributed by atoms with Crippen LogP contribution in [0.4, 0.5) is 0 Å². The van der Waals surface area contributed by atoms with E-state index in [0.29, 0.717) is 16.5 Å². The molecule has 1 aromatic heterocycles. The molecule has 1 fully saturated rings. The molecule has 0 aliphatic heterocycles. The number of nitrogens with one attached hydrogen (secondary N) is 2. The summed E-state index contributed by atoms with van der Waals surface area (Å²) in [4.78, 5) is 29.0. The molecule has 1 aromatic carbocycles. The molecule has 3 N–H and O–H groups in total. The number of benzene rings is 1. The molecule has 2 amide bonds. The average Bonchev–Trinajstić information content (AvgIpc) is 3.11. The highest BCUT2D eigenvalue weighted by Crippen LogP contribution is 2.18. The van der Waals surface area contributed by atoms with Crippen LogP contribution in [0.25, 0.3) is 10.9 Å². The maximum Gasteiger partial charge on any atom is 0.252 e. The molecule has 0 bridgehead atoms. The number of carbonyl (C=O) groups is 2. The number of hydrogen-bond donors (Lipinski definition) is 3. The minimum absolute atomic E-state index is 0.144. The largest absolute Gasteiger partial charge is 0.394 e. The lowest BCUT2D eigenvalue weighted by Gasteiger charge is -2.19. The van der Waals surface area contributed by atoms with Crippen LogP contribution in [0.5, 0.6) is 0 Å². The molecule has 0 spiro atoms. The van der Waals surface area contributed by atoms with E-state index in [1.807, 2.05) is 24.3 Å². The van der Waals surface area contributed by atoms with E-state index in [4.69, 9.17) is 0 Å². The van der Waals surface area contributed by atoms with Crippen LogP contribution in [0.3, 0.4) is 0 Å². The summed E-state index contributed by atoms with van der Waals surface area (Å²) < 4.78 is 0. The van der Waals surface area contributed by atoms with Crippen LogP contribution in [0.2, 0.25) is 0 Å².